The largest absolute Gasteiger partial charge is 0.496 e. The predicted molar refractivity (Wildman–Crippen MR) is 66.9 cm³/mol. The number of nitrogens with one attached hydrogen (secondary N) is 2. The van der Waals surface area contributed by atoms with E-state index in [2.05, 4.69) is 10.6 Å². The van der Waals surface area contributed by atoms with Crippen molar-refractivity contribution in [1.82, 2.24) is 10.6 Å². The average molecular weight is 240 g/mol. The summed E-state index contributed by atoms with van der Waals surface area (Å²) < 4.78 is 15.9. The second-order valence-corrected chi connectivity index (χ2v) is 3.47. The summed E-state index contributed by atoms with van der Waals surface area (Å²) in [6.07, 6.45) is 0. The van der Waals surface area contributed by atoms with Crippen LogP contribution in [0.5, 0.6) is 17.2 Å². The van der Waals surface area contributed by atoms with Crippen LogP contribution >= 0.6 is 0 Å². The van der Waals surface area contributed by atoms with Gasteiger partial charge in [-0.1, -0.05) is 0 Å². The van der Waals surface area contributed by atoms with Crippen LogP contribution in [0.4, 0.5) is 0 Å². The van der Waals surface area contributed by atoms with Crippen LogP contribution in [0.15, 0.2) is 12.1 Å². The van der Waals surface area contributed by atoms with E-state index in [1.165, 1.54) is 0 Å². The molecule has 1 aromatic carbocycles. The molecule has 0 aliphatic carbocycles. The standard InChI is InChI=1S/C12H20N2O3/c1-13-8-14-7-10-11(16-3)5-9(15-2)6-12(10)17-4/h5-6,13-14H,7-8H2,1-4H3. The van der Waals surface area contributed by atoms with E-state index in [-0.39, 0.29) is 0 Å². The Morgan fingerprint density at radius 2 is 1.59 bits per heavy atom. The molecule has 0 fully saturated rings. The molecule has 0 atom stereocenters. The van der Waals surface area contributed by atoms with Gasteiger partial charge in [-0.3, -0.25) is 0 Å². The van der Waals surface area contributed by atoms with Crippen LogP contribution < -0.4 is 24.8 Å². The molecule has 0 saturated heterocycles. The number of rotatable bonds is 7. The Labute approximate surface area is 102 Å². The predicted octanol–water partition coefficient (Wildman–Crippen LogP) is 0.979. The van der Waals surface area contributed by atoms with Crippen molar-refractivity contribution in [2.75, 3.05) is 35.0 Å². The first kappa shape index (κ1) is 13.6. The molecule has 1 aromatic rings. The van der Waals surface area contributed by atoms with E-state index < -0.39 is 0 Å². The summed E-state index contributed by atoms with van der Waals surface area (Å²) >= 11 is 0. The fraction of sp³-hybridized carbons (Fsp3) is 0.500. The molecule has 5 nitrogen and oxygen atoms in total. The topological polar surface area (TPSA) is 51.8 Å². The zero-order valence-electron chi connectivity index (χ0n) is 10.8. The van der Waals surface area contributed by atoms with Gasteiger partial charge in [-0.2, -0.15) is 0 Å². The van der Waals surface area contributed by atoms with Crippen molar-refractivity contribution in [3.63, 3.8) is 0 Å². The zero-order valence-corrected chi connectivity index (χ0v) is 10.8. The van der Waals surface area contributed by atoms with E-state index in [0.717, 1.165) is 29.5 Å². The van der Waals surface area contributed by atoms with E-state index in [1.807, 2.05) is 19.2 Å². The van der Waals surface area contributed by atoms with E-state index >= 15 is 0 Å². The number of benzene rings is 1. The van der Waals surface area contributed by atoms with E-state index in [9.17, 15) is 0 Å². The summed E-state index contributed by atoms with van der Waals surface area (Å²) in [5.41, 5.74) is 0.978. The van der Waals surface area contributed by atoms with Gasteiger partial charge in [0, 0.05) is 25.3 Å². The Hall–Kier alpha value is -1.46. The van der Waals surface area contributed by atoms with Gasteiger partial charge in [0.2, 0.25) is 0 Å². The first-order valence-corrected chi connectivity index (χ1v) is 5.41. The van der Waals surface area contributed by atoms with Gasteiger partial charge in [-0.15, -0.1) is 0 Å². The summed E-state index contributed by atoms with van der Waals surface area (Å²) in [6, 6.07) is 3.69. The second-order valence-electron chi connectivity index (χ2n) is 3.47. The molecule has 0 saturated carbocycles. The van der Waals surface area contributed by atoms with Gasteiger partial charge in [-0.05, 0) is 7.05 Å². The minimum absolute atomic E-state index is 0.664. The van der Waals surface area contributed by atoms with Gasteiger partial charge in [0.1, 0.15) is 17.2 Å². The highest BCUT2D eigenvalue weighted by molar-refractivity contribution is 5.50. The highest BCUT2D eigenvalue weighted by atomic mass is 16.5. The molecule has 5 heteroatoms. The first-order chi connectivity index (χ1) is 8.26. The quantitative estimate of drug-likeness (QED) is 0.549. The number of ether oxygens (including phenoxy) is 3. The highest BCUT2D eigenvalue weighted by Gasteiger charge is 2.12. The summed E-state index contributed by atoms with van der Waals surface area (Å²) in [7, 11) is 6.77. The summed E-state index contributed by atoms with van der Waals surface area (Å²) in [6.45, 7) is 1.38. The third-order valence-electron chi connectivity index (χ3n) is 2.42. The van der Waals surface area contributed by atoms with Gasteiger partial charge in [-0.25, -0.2) is 0 Å². The van der Waals surface area contributed by atoms with Gasteiger partial charge >= 0.3 is 0 Å². The molecule has 0 radical (unpaired) electrons. The third kappa shape index (κ3) is 3.51. The summed E-state index contributed by atoms with van der Waals surface area (Å²) in [5, 5.41) is 6.24. The lowest BCUT2D eigenvalue weighted by Crippen LogP contribution is -2.25. The van der Waals surface area contributed by atoms with E-state index in [0.29, 0.717) is 6.54 Å². The molecule has 0 aliphatic heterocycles. The van der Waals surface area contributed by atoms with Crippen molar-refractivity contribution < 1.29 is 14.2 Å². The average Bonchev–Trinajstić information content (AvgIpc) is 2.38. The maximum Gasteiger partial charge on any atom is 0.130 e. The number of hydrogen-bond acceptors (Lipinski definition) is 5. The Balaban J connectivity index is 2.98. The van der Waals surface area contributed by atoms with Crippen molar-refractivity contribution in [2.24, 2.45) is 0 Å². The molecular formula is C12H20N2O3. The molecule has 0 amide bonds. The van der Waals surface area contributed by atoms with Crippen LogP contribution in [0, 0.1) is 0 Å². The van der Waals surface area contributed by atoms with Crippen molar-refractivity contribution in [2.45, 2.75) is 6.54 Å². The fourth-order valence-corrected chi connectivity index (χ4v) is 1.56. The zero-order chi connectivity index (χ0) is 12.7. The number of hydrogen-bond donors (Lipinski definition) is 2. The van der Waals surface area contributed by atoms with Crippen LogP contribution in [0.2, 0.25) is 0 Å². The van der Waals surface area contributed by atoms with Crippen LogP contribution in [-0.4, -0.2) is 35.0 Å². The fourth-order valence-electron chi connectivity index (χ4n) is 1.56. The van der Waals surface area contributed by atoms with Gasteiger partial charge in [0.05, 0.1) is 26.9 Å². The second kappa shape index (κ2) is 6.98. The molecule has 17 heavy (non-hydrogen) atoms. The van der Waals surface area contributed by atoms with Crippen molar-refractivity contribution in [3.8, 4) is 17.2 Å². The van der Waals surface area contributed by atoms with Crippen LogP contribution in [0.25, 0.3) is 0 Å². The van der Waals surface area contributed by atoms with Gasteiger partial charge in [0.15, 0.2) is 0 Å². The normalized spacial score (nSPS) is 10.1. The van der Waals surface area contributed by atoms with Gasteiger partial charge < -0.3 is 24.8 Å². The van der Waals surface area contributed by atoms with Crippen LogP contribution in [-0.2, 0) is 6.54 Å². The Morgan fingerprint density at radius 3 is 2.00 bits per heavy atom. The van der Waals surface area contributed by atoms with E-state index in [4.69, 9.17) is 14.2 Å². The van der Waals surface area contributed by atoms with Crippen molar-refractivity contribution in [1.29, 1.82) is 0 Å². The van der Waals surface area contributed by atoms with Crippen molar-refractivity contribution >= 4 is 0 Å². The van der Waals surface area contributed by atoms with Crippen LogP contribution in [0.3, 0.4) is 0 Å². The minimum Gasteiger partial charge on any atom is -0.496 e. The lowest BCUT2D eigenvalue weighted by Gasteiger charge is -2.15. The smallest absolute Gasteiger partial charge is 0.130 e. The molecule has 0 bridgehead atoms. The lowest BCUT2D eigenvalue weighted by atomic mass is 10.1. The first-order valence-electron chi connectivity index (χ1n) is 5.41. The maximum atomic E-state index is 5.34. The van der Waals surface area contributed by atoms with Crippen molar-refractivity contribution in [3.05, 3.63) is 17.7 Å². The molecule has 1 rings (SSSR count). The highest BCUT2D eigenvalue weighted by Crippen LogP contribution is 2.33. The summed E-state index contributed by atoms with van der Waals surface area (Å²) in [4.78, 5) is 0. The monoisotopic (exact) mass is 240 g/mol. The lowest BCUT2D eigenvalue weighted by molar-refractivity contribution is 0.366. The SMILES string of the molecule is CNCNCc1c(OC)cc(OC)cc1OC. The minimum atomic E-state index is 0.664. The third-order valence-corrected chi connectivity index (χ3v) is 2.42. The molecule has 0 heterocycles. The molecule has 0 aromatic heterocycles. The molecular weight excluding hydrogens is 220 g/mol. The molecule has 0 unspecified atom stereocenters. The Bertz CT molecular complexity index is 331. The molecule has 0 spiro atoms. The van der Waals surface area contributed by atoms with Crippen LogP contribution in [0.1, 0.15) is 5.56 Å². The molecule has 2 N–H and O–H groups in total. The van der Waals surface area contributed by atoms with E-state index in [1.54, 1.807) is 21.3 Å². The van der Waals surface area contributed by atoms with Gasteiger partial charge in [0.25, 0.3) is 0 Å². The molecule has 0 aliphatic rings. The Kier molecular flexibility index (Phi) is 5.59. The number of methoxy groups -OCH3 is 3. The molecule has 96 valence electrons. The Morgan fingerprint density at radius 1 is 1.00 bits per heavy atom. The summed E-state index contributed by atoms with van der Waals surface area (Å²) in [5.74, 6) is 2.23. The maximum absolute atomic E-state index is 5.34.